The van der Waals surface area contributed by atoms with Crippen LogP contribution in [0.5, 0.6) is 0 Å². The van der Waals surface area contributed by atoms with Crippen LogP contribution in [0.1, 0.15) is 51.5 Å². The second kappa shape index (κ2) is 5.55. The highest BCUT2D eigenvalue weighted by molar-refractivity contribution is 5.55. The minimum absolute atomic E-state index is 0.489. The predicted molar refractivity (Wildman–Crippen MR) is 75.5 cm³/mol. The molecule has 1 fully saturated rings. The molecule has 0 amide bonds. The number of rotatable bonds is 6. The van der Waals surface area contributed by atoms with E-state index in [0.29, 0.717) is 11.2 Å². The Balaban J connectivity index is 2.06. The molecule has 0 spiro atoms. The van der Waals surface area contributed by atoms with Gasteiger partial charge < -0.3 is 11.1 Å². The quantitative estimate of drug-likeness (QED) is 0.812. The molecule has 1 aromatic heterocycles. The first-order valence-electron chi connectivity index (χ1n) is 7.04. The Kier molecular flexibility index (Phi) is 4.04. The summed E-state index contributed by atoms with van der Waals surface area (Å²) < 4.78 is 0. The van der Waals surface area contributed by atoms with Crippen molar-refractivity contribution in [1.82, 2.24) is 9.97 Å². The lowest BCUT2D eigenvalue weighted by Crippen LogP contribution is -2.36. The van der Waals surface area contributed by atoms with E-state index in [1.54, 1.807) is 6.33 Å². The van der Waals surface area contributed by atoms with Gasteiger partial charge >= 0.3 is 0 Å². The van der Waals surface area contributed by atoms with Gasteiger partial charge in [-0.3, -0.25) is 0 Å². The summed E-state index contributed by atoms with van der Waals surface area (Å²) in [6.07, 6.45) is 8.82. The number of nitrogens with two attached hydrogens (primary N) is 1. The van der Waals surface area contributed by atoms with Crippen molar-refractivity contribution in [3.05, 3.63) is 11.9 Å². The van der Waals surface area contributed by atoms with Gasteiger partial charge in [-0.1, -0.05) is 26.7 Å². The molecular weight excluding hydrogens is 224 g/mol. The molecule has 3 N–H and O–H groups in total. The lowest BCUT2D eigenvalue weighted by Gasteiger charge is -2.41. The summed E-state index contributed by atoms with van der Waals surface area (Å²) >= 11 is 0. The van der Waals surface area contributed by atoms with Gasteiger partial charge in [-0.15, -0.1) is 0 Å². The maximum Gasteiger partial charge on any atom is 0.134 e. The fraction of sp³-hybridized carbons (Fsp3) is 0.714. The lowest BCUT2D eigenvalue weighted by molar-refractivity contribution is 0.145. The zero-order chi connectivity index (χ0) is 13.0. The van der Waals surface area contributed by atoms with E-state index in [1.165, 1.54) is 25.7 Å². The lowest BCUT2D eigenvalue weighted by atomic mass is 9.67. The summed E-state index contributed by atoms with van der Waals surface area (Å²) in [6.45, 7) is 5.44. The van der Waals surface area contributed by atoms with Crippen LogP contribution >= 0.6 is 0 Å². The standard InChI is InChI=1S/C14H24N4/c1-3-6-11-12(15)17-10-18-13(11)16-9-14(4-2)7-5-8-14/h10H,3-9H2,1-2H3,(H3,15,16,17,18). The summed E-state index contributed by atoms with van der Waals surface area (Å²) in [6, 6.07) is 0. The molecule has 100 valence electrons. The van der Waals surface area contributed by atoms with Crippen molar-refractivity contribution in [2.45, 2.75) is 52.4 Å². The van der Waals surface area contributed by atoms with E-state index < -0.39 is 0 Å². The van der Waals surface area contributed by atoms with Gasteiger partial charge in [-0.05, 0) is 31.1 Å². The highest BCUT2D eigenvalue weighted by Gasteiger charge is 2.34. The van der Waals surface area contributed by atoms with Gasteiger partial charge in [-0.25, -0.2) is 9.97 Å². The number of nitrogens with zero attached hydrogens (tertiary/aromatic N) is 2. The van der Waals surface area contributed by atoms with E-state index in [4.69, 9.17) is 5.73 Å². The SMILES string of the molecule is CCCc1c(N)ncnc1NCC1(CC)CCC1. The molecule has 1 aliphatic carbocycles. The Morgan fingerprint density at radius 2 is 2.11 bits per heavy atom. The first-order chi connectivity index (χ1) is 8.71. The van der Waals surface area contributed by atoms with Crippen molar-refractivity contribution < 1.29 is 0 Å². The van der Waals surface area contributed by atoms with E-state index in [0.717, 1.165) is 30.8 Å². The zero-order valence-corrected chi connectivity index (χ0v) is 11.5. The van der Waals surface area contributed by atoms with Gasteiger partial charge in [-0.2, -0.15) is 0 Å². The Morgan fingerprint density at radius 1 is 1.33 bits per heavy atom. The average molecular weight is 248 g/mol. The molecule has 2 rings (SSSR count). The average Bonchev–Trinajstić information content (AvgIpc) is 2.32. The molecule has 0 unspecified atom stereocenters. The Bertz CT molecular complexity index is 393. The van der Waals surface area contributed by atoms with Crippen LogP contribution < -0.4 is 11.1 Å². The smallest absolute Gasteiger partial charge is 0.134 e. The number of nitrogens with one attached hydrogen (secondary N) is 1. The molecule has 1 heterocycles. The third kappa shape index (κ3) is 2.57. The van der Waals surface area contributed by atoms with Gasteiger partial charge in [0.1, 0.15) is 18.0 Å². The largest absolute Gasteiger partial charge is 0.383 e. The van der Waals surface area contributed by atoms with Gasteiger partial charge in [0.2, 0.25) is 0 Å². The van der Waals surface area contributed by atoms with E-state index in [1.807, 2.05) is 0 Å². The van der Waals surface area contributed by atoms with Crippen molar-refractivity contribution >= 4 is 11.6 Å². The topological polar surface area (TPSA) is 63.8 Å². The van der Waals surface area contributed by atoms with Gasteiger partial charge in [0, 0.05) is 12.1 Å². The molecule has 0 aliphatic heterocycles. The summed E-state index contributed by atoms with van der Waals surface area (Å²) in [5, 5.41) is 3.50. The van der Waals surface area contributed by atoms with Crippen LogP contribution in [0.25, 0.3) is 0 Å². The van der Waals surface area contributed by atoms with Crippen LogP contribution in [-0.2, 0) is 6.42 Å². The summed E-state index contributed by atoms with van der Waals surface area (Å²) in [5.41, 5.74) is 7.50. The molecule has 1 aromatic rings. The number of anilines is 2. The monoisotopic (exact) mass is 248 g/mol. The number of hydrogen-bond donors (Lipinski definition) is 2. The van der Waals surface area contributed by atoms with E-state index in [2.05, 4.69) is 29.1 Å². The van der Waals surface area contributed by atoms with Crippen LogP contribution in [0.4, 0.5) is 11.6 Å². The second-order valence-corrected chi connectivity index (χ2v) is 5.40. The molecule has 4 nitrogen and oxygen atoms in total. The van der Waals surface area contributed by atoms with Gasteiger partial charge in [0.05, 0.1) is 0 Å². The van der Waals surface area contributed by atoms with E-state index >= 15 is 0 Å². The summed E-state index contributed by atoms with van der Waals surface area (Å²) in [4.78, 5) is 8.44. The van der Waals surface area contributed by atoms with Gasteiger partial charge in [0.15, 0.2) is 0 Å². The zero-order valence-electron chi connectivity index (χ0n) is 11.5. The molecule has 4 heteroatoms. The highest BCUT2D eigenvalue weighted by atomic mass is 15.0. The normalized spacial score (nSPS) is 17.2. The minimum Gasteiger partial charge on any atom is -0.383 e. The number of aromatic nitrogens is 2. The third-order valence-corrected chi connectivity index (χ3v) is 4.27. The molecule has 1 aliphatic rings. The fourth-order valence-electron chi connectivity index (χ4n) is 2.68. The number of nitrogen functional groups attached to an aromatic ring is 1. The summed E-state index contributed by atoms with van der Waals surface area (Å²) in [5.74, 6) is 1.55. The van der Waals surface area contributed by atoms with Crippen molar-refractivity contribution in [3.8, 4) is 0 Å². The number of hydrogen-bond acceptors (Lipinski definition) is 4. The van der Waals surface area contributed by atoms with Crippen molar-refractivity contribution in [1.29, 1.82) is 0 Å². The maximum atomic E-state index is 5.93. The first-order valence-corrected chi connectivity index (χ1v) is 7.04. The Morgan fingerprint density at radius 3 is 2.67 bits per heavy atom. The molecule has 1 saturated carbocycles. The fourth-order valence-corrected chi connectivity index (χ4v) is 2.68. The summed E-state index contributed by atoms with van der Waals surface area (Å²) in [7, 11) is 0. The Labute approximate surface area is 109 Å². The molecule has 18 heavy (non-hydrogen) atoms. The van der Waals surface area contributed by atoms with Crippen LogP contribution in [0.3, 0.4) is 0 Å². The van der Waals surface area contributed by atoms with Crippen LogP contribution in [0.15, 0.2) is 6.33 Å². The van der Waals surface area contributed by atoms with Crippen molar-refractivity contribution in [2.75, 3.05) is 17.6 Å². The van der Waals surface area contributed by atoms with E-state index in [-0.39, 0.29) is 0 Å². The van der Waals surface area contributed by atoms with E-state index in [9.17, 15) is 0 Å². The van der Waals surface area contributed by atoms with Crippen molar-refractivity contribution in [3.63, 3.8) is 0 Å². The van der Waals surface area contributed by atoms with Crippen molar-refractivity contribution in [2.24, 2.45) is 5.41 Å². The maximum absolute atomic E-state index is 5.93. The third-order valence-electron chi connectivity index (χ3n) is 4.27. The van der Waals surface area contributed by atoms with Crippen LogP contribution in [0.2, 0.25) is 0 Å². The Hall–Kier alpha value is -1.32. The van der Waals surface area contributed by atoms with Gasteiger partial charge in [0.25, 0.3) is 0 Å². The molecule has 0 atom stereocenters. The van der Waals surface area contributed by atoms with Crippen LogP contribution in [0, 0.1) is 5.41 Å². The molecular formula is C14H24N4. The minimum atomic E-state index is 0.489. The van der Waals surface area contributed by atoms with Crippen LogP contribution in [-0.4, -0.2) is 16.5 Å². The highest BCUT2D eigenvalue weighted by Crippen LogP contribution is 2.43. The predicted octanol–water partition coefficient (Wildman–Crippen LogP) is 3.00. The molecule has 0 bridgehead atoms. The first kappa shape index (κ1) is 13.1. The molecule has 0 saturated heterocycles. The molecule has 0 radical (unpaired) electrons. The second-order valence-electron chi connectivity index (χ2n) is 5.40. The molecule has 0 aromatic carbocycles.